The van der Waals surface area contributed by atoms with Crippen LogP contribution in [0, 0.1) is 29.6 Å². The first-order valence-corrected chi connectivity index (χ1v) is 10.5. The summed E-state index contributed by atoms with van der Waals surface area (Å²) >= 11 is 7.01. The lowest BCUT2D eigenvalue weighted by atomic mass is 10.1. The Bertz CT molecular complexity index is 855. The molecule has 140 valence electrons. The summed E-state index contributed by atoms with van der Waals surface area (Å²) in [6.07, 6.45) is 4.90. The average molecular weight is 492 g/mol. The average Bonchev–Trinajstić information content (AvgIpc) is 3.23. The van der Waals surface area contributed by atoms with Gasteiger partial charge in [-0.05, 0) is 29.7 Å². The molecule has 1 aliphatic carbocycles. The molecule has 3 rings (SSSR count). The summed E-state index contributed by atoms with van der Waals surface area (Å²) < 4.78 is 11.6. The molecule has 0 spiro atoms. The number of rotatable bonds is 6. The third kappa shape index (κ3) is 4.39. The van der Waals surface area contributed by atoms with Crippen LogP contribution in [0.5, 0.6) is 11.5 Å². The summed E-state index contributed by atoms with van der Waals surface area (Å²) in [5, 5.41) is 0. The van der Waals surface area contributed by atoms with Gasteiger partial charge in [-0.2, -0.15) is 0 Å². The minimum Gasteiger partial charge on any atom is -0.457 e. The normalized spacial score (nSPS) is 21.2. The number of ether oxygens (including phenoxy) is 2. The summed E-state index contributed by atoms with van der Waals surface area (Å²) in [6, 6.07) is 16.8. The lowest BCUT2D eigenvalue weighted by Crippen LogP contribution is -2.15. The molecule has 0 aromatic heterocycles. The Labute approximate surface area is 176 Å². The molecule has 0 N–H and O–H groups in total. The summed E-state index contributed by atoms with van der Waals surface area (Å²) in [7, 11) is 0. The highest BCUT2D eigenvalue weighted by molar-refractivity contribution is 9.24. The minimum atomic E-state index is -0.752. The van der Waals surface area contributed by atoms with Crippen molar-refractivity contribution < 1.29 is 14.3 Å². The van der Waals surface area contributed by atoms with Gasteiger partial charge in [-0.15, -0.1) is 6.42 Å². The fraction of sp³-hybridized carbons (Fsp3) is 0.318. The first kappa shape index (κ1) is 20.0. The molecule has 2 aromatic carbocycles. The second kappa shape index (κ2) is 8.08. The number of esters is 1. The van der Waals surface area contributed by atoms with E-state index < -0.39 is 6.10 Å². The fourth-order valence-corrected chi connectivity index (χ4v) is 5.32. The second-order valence-corrected chi connectivity index (χ2v) is 10.3. The number of halogens is 2. The van der Waals surface area contributed by atoms with Crippen LogP contribution >= 0.6 is 31.9 Å². The molecule has 0 saturated heterocycles. The fourth-order valence-electron chi connectivity index (χ4n) is 3.35. The summed E-state index contributed by atoms with van der Waals surface area (Å²) in [5.41, 5.74) is 0.579. The lowest BCUT2D eigenvalue weighted by molar-refractivity contribution is -0.149. The van der Waals surface area contributed by atoms with Crippen LogP contribution < -0.4 is 4.74 Å². The maximum atomic E-state index is 12.7. The highest BCUT2D eigenvalue weighted by Crippen LogP contribution is 2.63. The molecule has 0 aliphatic heterocycles. The smallest absolute Gasteiger partial charge is 0.311 e. The Morgan fingerprint density at radius 2 is 1.78 bits per heavy atom. The van der Waals surface area contributed by atoms with Crippen LogP contribution in [0.2, 0.25) is 0 Å². The monoisotopic (exact) mass is 490 g/mol. The number of hydrogen-bond acceptors (Lipinski definition) is 3. The maximum Gasteiger partial charge on any atom is 0.311 e. The largest absolute Gasteiger partial charge is 0.457 e. The molecule has 1 aliphatic rings. The van der Waals surface area contributed by atoms with E-state index in [0.717, 1.165) is 5.75 Å². The molecule has 3 unspecified atom stereocenters. The van der Waals surface area contributed by atoms with Gasteiger partial charge in [0.15, 0.2) is 6.10 Å². The molecule has 3 atom stereocenters. The van der Waals surface area contributed by atoms with Crippen LogP contribution in [0.3, 0.4) is 0 Å². The Morgan fingerprint density at radius 3 is 2.37 bits per heavy atom. The van der Waals surface area contributed by atoms with Gasteiger partial charge >= 0.3 is 5.97 Å². The van der Waals surface area contributed by atoms with E-state index in [2.05, 4.69) is 51.6 Å². The minimum absolute atomic E-state index is 0.0597. The van der Waals surface area contributed by atoms with Crippen LogP contribution in [0.15, 0.2) is 54.6 Å². The van der Waals surface area contributed by atoms with Crippen molar-refractivity contribution in [3.63, 3.8) is 0 Å². The predicted molar refractivity (Wildman–Crippen MR) is 113 cm³/mol. The van der Waals surface area contributed by atoms with Crippen molar-refractivity contribution in [3.8, 4) is 23.8 Å². The molecule has 1 saturated carbocycles. The van der Waals surface area contributed by atoms with Gasteiger partial charge in [0.25, 0.3) is 0 Å². The highest BCUT2D eigenvalue weighted by Gasteiger charge is 2.64. The molecule has 27 heavy (non-hydrogen) atoms. The van der Waals surface area contributed by atoms with Crippen LogP contribution in [0.25, 0.3) is 0 Å². The van der Waals surface area contributed by atoms with Crippen molar-refractivity contribution in [2.75, 3.05) is 0 Å². The van der Waals surface area contributed by atoms with Gasteiger partial charge in [0.05, 0.1) is 9.65 Å². The molecular formula is C22H20Br2O3. The van der Waals surface area contributed by atoms with Crippen LogP contribution in [0.4, 0.5) is 0 Å². The van der Waals surface area contributed by atoms with E-state index in [9.17, 15) is 4.79 Å². The van der Waals surface area contributed by atoms with Gasteiger partial charge < -0.3 is 9.47 Å². The SMILES string of the molecule is C#CC(OC(=O)C1C(C(Br)Br)C1(C)C)c1cccc(Oc2ccccc2)c1. The molecule has 0 bridgehead atoms. The van der Waals surface area contributed by atoms with Crippen LogP contribution in [-0.4, -0.2) is 9.71 Å². The standard InChI is InChI=1S/C22H20Br2O3/c1-4-17(27-21(25)19-18(20(23)24)22(19,2)3)14-9-8-12-16(13-14)26-15-10-6-5-7-11-15/h1,5-13,17-20H,2-3H3. The number of carbonyl (C=O) groups is 1. The van der Waals surface area contributed by atoms with Gasteiger partial charge in [-0.3, -0.25) is 4.79 Å². The molecule has 0 amide bonds. The van der Waals surface area contributed by atoms with Crippen molar-refractivity contribution in [1.82, 2.24) is 0 Å². The summed E-state index contributed by atoms with van der Waals surface area (Å²) in [5.74, 6) is 3.64. The molecule has 2 aromatic rings. The van der Waals surface area contributed by atoms with Gasteiger partial charge in [-0.25, -0.2) is 0 Å². The van der Waals surface area contributed by atoms with Crippen molar-refractivity contribution in [3.05, 3.63) is 60.2 Å². The number of hydrogen-bond donors (Lipinski definition) is 0. The zero-order chi connectivity index (χ0) is 19.6. The van der Waals surface area contributed by atoms with Crippen molar-refractivity contribution >= 4 is 37.8 Å². The third-order valence-electron chi connectivity index (χ3n) is 4.96. The number of terminal acetylenes is 1. The van der Waals surface area contributed by atoms with E-state index in [1.54, 1.807) is 6.07 Å². The Balaban J connectivity index is 1.72. The number of benzene rings is 2. The van der Waals surface area contributed by atoms with Crippen molar-refractivity contribution in [2.24, 2.45) is 17.3 Å². The molecule has 1 fully saturated rings. The number of alkyl halides is 2. The van der Waals surface area contributed by atoms with E-state index in [0.29, 0.717) is 11.3 Å². The van der Waals surface area contributed by atoms with Crippen molar-refractivity contribution in [2.45, 2.75) is 23.7 Å². The van der Waals surface area contributed by atoms with Gasteiger partial charge in [0.1, 0.15) is 11.5 Å². The zero-order valence-electron chi connectivity index (χ0n) is 15.1. The Kier molecular flexibility index (Phi) is 5.98. The second-order valence-electron chi connectivity index (χ2n) is 7.13. The molecule has 0 radical (unpaired) electrons. The van der Waals surface area contributed by atoms with E-state index in [-0.39, 0.29) is 27.0 Å². The predicted octanol–water partition coefficient (Wildman–Crippen LogP) is 6.08. The van der Waals surface area contributed by atoms with Gasteiger partial charge in [0, 0.05) is 11.5 Å². The molecule has 0 heterocycles. The van der Waals surface area contributed by atoms with E-state index >= 15 is 0 Å². The highest BCUT2D eigenvalue weighted by atomic mass is 79.9. The number of carbonyl (C=O) groups excluding carboxylic acids is 1. The number of para-hydroxylation sites is 1. The zero-order valence-corrected chi connectivity index (χ0v) is 18.2. The molecule has 3 nitrogen and oxygen atoms in total. The maximum absolute atomic E-state index is 12.7. The van der Waals surface area contributed by atoms with E-state index in [1.165, 1.54) is 0 Å². The van der Waals surface area contributed by atoms with E-state index in [4.69, 9.17) is 15.9 Å². The topological polar surface area (TPSA) is 35.5 Å². The first-order chi connectivity index (χ1) is 12.8. The summed E-state index contributed by atoms with van der Waals surface area (Å²) in [4.78, 5) is 12.7. The first-order valence-electron chi connectivity index (χ1n) is 8.62. The molecule has 5 heteroatoms. The van der Waals surface area contributed by atoms with E-state index in [1.807, 2.05) is 48.5 Å². The van der Waals surface area contributed by atoms with Gasteiger partial charge in [-0.1, -0.05) is 82.0 Å². The van der Waals surface area contributed by atoms with Gasteiger partial charge in [0.2, 0.25) is 0 Å². The molecular weight excluding hydrogens is 472 g/mol. The lowest BCUT2D eigenvalue weighted by Gasteiger charge is -2.15. The Morgan fingerprint density at radius 1 is 1.11 bits per heavy atom. The quantitative estimate of drug-likeness (QED) is 0.279. The van der Waals surface area contributed by atoms with Crippen LogP contribution in [0.1, 0.15) is 25.5 Å². The summed E-state index contributed by atoms with van der Waals surface area (Å²) in [6.45, 7) is 4.11. The third-order valence-corrected chi connectivity index (χ3v) is 6.10. The Hall–Kier alpha value is -1.77. The van der Waals surface area contributed by atoms with Crippen molar-refractivity contribution in [1.29, 1.82) is 0 Å². The van der Waals surface area contributed by atoms with Crippen LogP contribution in [-0.2, 0) is 9.53 Å².